The summed E-state index contributed by atoms with van der Waals surface area (Å²) in [5.74, 6) is -2.42. The van der Waals surface area contributed by atoms with Crippen LogP contribution >= 0.6 is 0 Å². The second-order valence-electron chi connectivity index (χ2n) is 6.30. The summed E-state index contributed by atoms with van der Waals surface area (Å²) in [5.41, 5.74) is 3.67. The molecular formula is C21H18F2O2S. The number of halogens is 2. The van der Waals surface area contributed by atoms with E-state index in [1.54, 1.807) is 20.1 Å². The maximum Gasteiger partial charge on any atom is 0.159 e. The Hall–Kier alpha value is -2.40. The number of aldehydes is 1. The molecule has 2 aromatic rings. The zero-order chi connectivity index (χ0) is 19.0. The van der Waals surface area contributed by atoms with Crippen molar-refractivity contribution in [3.63, 3.8) is 0 Å². The normalized spacial score (nSPS) is 17.7. The van der Waals surface area contributed by atoms with E-state index in [1.165, 1.54) is 0 Å². The highest BCUT2D eigenvalue weighted by molar-refractivity contribution is 7.94. The van der Waals surface area contributed by atoms with Crippen LogP contribution in [0.4, 0.5) is 8.78 Å². The van der Waals surface area contributed by atoms with Gasteiger partial charge in [0, 0.05) is 17.7 Å². The highest BCUT2D eigenvalue weighted by atomic mass is 32.2. The zero-order valence-corrected chi connectivity index (χ0v) is 15.5. The predicted octanol–water partition coefficient (Wildman–Crippen LogP) is 4.83. The van der Waals surface area contributed by atoms with Gasteiger partial charge in [-0.25, -0.2) is 8.78 Å². The number of carbonyl (C=O) groups is 1. The van der Waals surface area contributed by atoms with Gasteiger partial charge in [-0.3, -0.25) is 4.21 Å². The molecule has 5 heteroatoms. The molecule has 0 bridgehead atoms. The van der Waals surface area contributed by atoms with E-state index in [4.69, 9.17) is 0 Å². The van der Waals surface area contributed by atoms with Crippen LogP contribution in [0.15, 0.2) is 48.0 Å². The van der Waals surface area contributed by atoms with E-state index in [0.717, 1.165) is 29.6 Å². The minimum atomic E-state index is -1.37. The Labute approximate surface area is 153 Å². The van der Waals surface area contributed by atoms with Gasteiger partial charge in [0.2, 0.25) is 0 Å². The van der Waals surface area contributed by atoms with Crippen molar-refractivity contribution in [3.05, 3.63) is 76.4 Å². The van der Waals surface area contributed by atoms with Crippen LogP contribution in [-0.4, -0.2) is 16.8 Å². The molecule has 26 heavy (non-hydrogen) atoms. The van der Waals surface area contributed by atoms with Crippen molar-refractivity contribution in [1.29, 1.82) is 0 Å². The first kappa shape index (κ1) is 18.4. The lowest BCUT2D eigenvalue weighted by Crippen LogP contribution is -2.00. The third-order valence-electron chi connectivity index (χ3n) is 4.61. The van der Waals surface area contributed by atoms with Crippen LogP contribution in [-0.2, 0) is 15.6 Å². The molecule has 0 spiro atoms. The van der Waals surface area contributed by atoms with Crippen LogP contribution in [0.5, 0.6) is 0 Å². The molecular weight excluding hydrogens is 354 g/mol. The van der Waals surface area contributed by atoms with Gasteiger partial charge in [-0.15, -0.1) is 0 Å². The molecule has 2 aromatic carbocycles. The second kappa shape index (κ2) is 7.08. The van der Waals surface area contributed by atoms with Gasteiger partial charge in [-0.05, 0) is 46.9 Å². The summed E-state index contributed by atoms with van der Waals surface area (Å²) in [7, 11) is -1.37. The largest absolute Gasteiger partial charge is 0.303 e. The molecule has 2 atom stereocenters. The van der Waals surface area contributed by atoms with Crippen molar-refractivity contribution in [1.82, 2.24) is 0 Å². The van der Waals surface area contributed by atoms with Crippen LogP contribution in [0.2, 0.25) is 0 Å². The molecule has 134 valence electrons. The first-order valence-electron chi connectivity index (χ1n) is 8.16. The Bertz CT molecular complexity index is 975. The lowest BCUT2D eigenvalue weighted by molar-refractivity contribution is -0.109. The Morgan fingerprint density at radius 1 is 1.08 bits per heavy atom. The SMILES string of the molecule is CC1=C(C(C)C=O)c2cc(F)c(F)cc2C1=C(c1ccccc1)S(C)=O. The predicted molar refractivity (Wildman–Crippen MR) is 102 cm³/mol. The smallest absolute Gasteiger partial charge is 0.159 e. The van der Waals surface area contributed by atoms with Gasteiger partial charge in [-0.2, -0.15) is 0 Å². The number of hydrogen-bond donors (Lipinski definition) is 0. The highest BCUT2D eigenvalue weighted by Gasteiger charge is 2.31. The average Bonchev–Trinajstić information content (AvgIpc) is 2.87. The van der Waals surface area contributed by atoms with Gasteiger partial charge in [0.25, 0.3) is 0 Å². The van der Waals surface area contributed by atoms with E-state index in [9.17, 15) is 17.8 Å². The second-order valence-corrected chi connectivity index (χ2v) is 7.62. The molecule has 0 radical (unpaired) electrons. The number of fused-ring (bicyclic) bond motifs is 1. The molecule has 3 rings (SSSR count). The molecule has 0 fully saturated rings. The van der Waals surface area contributed by atoms with Crippen molar-refractivity contribution < 1.29 is 17.8 Å². The Balaban J connectivity index is 2.44. The van der Waals surface area contributed by atoms with E-state index in [1.807, 2.05) is 30.3 Å². The molecule has 1 aliphatic rings. The van der Waals surface area contributed by atoms with Crippen LogP contribution in [0, 0.1) is 17.6 Å². The zero-order valence-electron chi connectivity index (χ0n) is 14.7. The molecule has 0 aliphatic heterocycles. The summed E-state index contributed by atoms with van der Waals surface area (Å²) >= 11 is 0. The molecule has 2 nitrogen and oxygen atoms in total. The Morgan fingerprint density at radius 2 is 1.65 bits per heavy atom. The van der Waals surface area contributed by atoms with Gasteiger partial charge in [0.05, 0.1) is 15.7 Å². The third kappa shape index (κ3) is 2.97. The molecule has 0 saturated heterocycles. The minimum Gasteiger partial charge on any atom is -0.303 e. The van der Waals surface area contributed by atoms with Crippen LogP contribution in [0.1, 0.15) is 30.5 Å². The Kier molecular flexibility index (Phi) is 5.01. The molecule has 0 saturated carbocycles. The van der Waals surface area contributed by atoms with Crippen molar-refractivity contribution >= 4 is 33.1 Å². The maximum atomic E-state index is 14.0. The minimum absolute atomic E-state index is 0.471. The quantitative estimate of drug-likeness (QED) is 0.720. The van der Waals surface area contributed by atoms with Crippen LogP contribution in [0.3, 0.4) is 0 Å². The summed E-state index contributed by atoms with van der Waals surface area (Å²) in [6.45, 7) is 3.52. The lowest BCUT2D eigenvalue weighted by atomic mass is 9.95. The van der Waals surface area contributed by atoms with E-state index in [2.05, 4.69) is 0 Å². The molecule has 1 aliphatic carbocycles. The van der Waals surface area contributed by atoms with Crippen molar-refractivity contribution in [3.8, 4) is 0 Å². The topological polar surface area (TPSA) is 34.1 Å². The van der Waals surface area contributed by atoms with E-state index < -0.39 is 28.4 Å². The molecule has 0 N–H and O–H groups in total. The fourth-order valence-electron chi connectivity index (χ4n) is 3.51. The summed E-state index contributed by atoms with van der Waals surface area (Å²) < 4.78 is 40.5. The van der Waals surface area contributed by atoms with E-state index in [-0.39, 0.29) is 0 Å². The first-order valence-corrected chi connectivity index (χ1v) is 9.72. The van der Waals surface area contributed by atoms with Crippen LogP contribution < -0.4 is 0 Å². The van der Waals surface area contributed by atoms with Crippen LogP contribution in [0.25, 0.3) is 16.1 Å². The molecule has 0 heterocycles. The monoisotopic (exact) mass is 372 g/mol. The van der Waals surface area contributed by atoms with Gasteiger partial charge < -0.3 is 4.79 Å². The highest BCUT2D eigenvalue weighted by Crippen LogP contribution is 2.48. The summed E-state index contributed by atoms with van der Waals surface area (Å²) in [4.78, 5) is 11.9. The third-order valence-corrected chi connectivity index (χ3v) is 5.62. The summed E-state index contributed by atoms with van der Waals surface area (Å²) in [6.07, 6.45) is 2.33. The van der Waals surface area contributed by atoms with Gasteiger partial charge in [0.1, 0.15) is 6.29 Å². The molecule has 0 aromatic heterocycles. The average molecular weight is 372 g/mol. The van der Waals surface area contributed by atoms with Gasteiger partial charge in [0.15, 0.2) is 11.6 Å². The van der Waals surface area contributed by atoms with E-state index >= 15 is 0 Å². The van der Waals surface area contributed by atoms with Gasteiger partial charge >= 0.3 is 0 Å². The standard InChI is InChI=1S/C21H18F2O2S/c1-12(11-24)19-13(2)20(16-10-18(23)17(22)9-15(16)19)21(26(3)25)14-7-5-4-6-8-14/h4-12H,1-3H3. The number of rotatable bonds is 4. The fraction of sp³-hybridized carbons (Fsp3) is 0.190. The number of benzene rings is 2. The van der Waals surface area contributed by atoms with Crippen molar-refractivity contribution in [2.75, 3.05) is 6.26 Å². The van der Waals surface area contributed by atoms with Gasteiger partial charge in [-0.1, -0.05) is 37.3 Å². The number of hydrogen-bond acceptors (Lipinski definition) is 2. The van der Waals surface area contributed by atoms with Crippen molar-refractivity contribution in [2.24, 2.45) is 5.92 Å². The molecule has 2 unspecified atom stereocenters. The summed E-state index contributed by atoms with van der Waals surface area (Å²) in [6, 6.07) is 11.4. The lowest BCUT2D eigenvalue weighted by Gasteiger charge is -2.13. The first-order chi connectivity index (χ1) is 12.4. The Morgan fingerprint density at radius 3 is 2.19 bits per heavy atom. The summed E-state index contributed by atoms with van der Waals surface area (Å²) in [5, 5.41) is 0. The van der Waals surface area contributed by atoms with Crippen molar-refractivity contribution in [2.45, 2.75) is 13.8 Å². The van der Waals surface area contributed by atoms with E-state index in [0.29, 0.717) is 27.2 Å². The number of carbonyl (C=O) groups excluding carboxylic acids is 1. The number of allylic oxidation sites excluding steroid dienone is 3. The fourth-order valence-corrected chi connectivity index (χ4v) is 4.52. The molecule has 0 amide bonds. The maximum absolute atomic E-state index is 14.0.